The minimum atomic E-state index is 0.662. The van der Waals surface area contributed by atoms with E-state index in [0.29, 0.717) is 33.2 Å². The predicted octanol–water partition coefficient (Wildman–Crippen LogP) is -0.0104. The van der Waals surface area contributed by atoms with Gasteiger partial charge in [-0.2, -0.15) is 0 Å². The van der Waals surface area contributed by atoms with E-state index in [1.54, 1.807) is 14.2 Å². The number of nitrogens with zero attached hydrogens (tertiary/aromatic N) is 2. The molecule has 0 aromatic rings. The molecular weight excluding hydrogens is 248 g/mol. The third-order valence-corrected chi connectivity index (χ3v) is 3.45. The smallest absolute Gasteiger partial charge is 0.183 e. The molecule has 0 N–H and O–H groups in total. The predicted molar refractivity (Wildman–Crippen MR) is 72.9 cm³/mol. The Kier molecular flexibility index (Phi) is 8.52. The summed E-state index contributed by atoms with van der Waals surface area (Å²) >= 11 is 0. The summed E-state index contributed by atoms with van der Waals surface area (Å²) in [5.41, 5.74) is 0. The van der Waals surface area contributed by atoms with Crippen LogP contribution in [-0.2, 0) is 18.9 Å². The van der Waals surface area contributed by atoms with Crippen molar-refractivity contribution < 1.29 is 23.4 Å². The van der Waals surface area contributed by atoms with Crippen molar-refractivity contribution in [3.05, 3.63) is 0 Å². The van der Waals surface area contributed by atoms with Gasteiger partial charge in [0.15, 0.2) is 6.73 Å². The average molecular weight is 277 g/mol. The van der Waals surface area contributed by atoms with Crippen LogP contribution < -0.4 is 0 Å². The van der Waals surface area contributed by atoms with Crippen LogP contribution >= 0.6 is 0 Å². The Balaban J connectivity index is 2.09. The summed E-state index contributed by atoms with van der Waals surface area (Å²) in [6, 6.07) is 0. The topological polar surface area (TPSA) is 40.2 Å². The van der Waals surface area contributed by atoms with Gasteiger partial charge in [-0.05, 0) is 0 Å². The summed E-state index contributed by atoms with van der Waals surface area (Å²) in [6.07, 6.45) is 0. The largest absolute Gasteiger partial charge is 0.382 e. The monoisotopic (exact) mass is 277 g/mol. The first-order valence-electron chi connectivity index (χ1n) is 6.89. The van der Waals surface area contributed by atoms with Gasteiger partial charge >= 0.3 is 0 Å². The summed E-state index contributed by atoms with van der Waals surface area (Å²) in [7, 11) is 5.63. The van der Waals surface area contributed by atoms with E-state index in [1.807, 2.05) is 0 Å². The molecule has 0 aromatic carbocycles. The summed E-state index contributed by atoms with van der Waals surface area (Å²) in [6.45, 7) is 8.44. The molecule has 6 heteroatoms. The van der Waals surface area contributed by atoms with Crippen LogP contribution in [0.15, 0.2) is 0 Å². The summed E-state index contributed by atoms with van der Waals surface area (Å²) < 4.78 is 22.1. The van der Waals surface area contributed by atoms with Gasteiger partial charge in [-0.3, -0.25) is 4.90 Å². The van der Waals surface area contributed by atoms with Gasteiger partial charge in [0, 0.05) is 14.2 Å². The van der Waals surface area contributed by atoms with Crippen molar-refractivity contribution in [1.29, 1.82) is 0 Å². The van der Waals surface area contributed by atoms with Crippen molar-refractivity contribution in [1.82, 2.24) is 4.90 Å². The first-order valence-corrected chi connectivity index (χ1v) is 6.89. The van der Waals surface area contributed by atoms with Crippen molar-refractivity contribution in [2.24, 2.45) is 0 Å². The Morgan fingerprint density at radius 3 is 2.05 bits per heavy atom. The van der Waals surface area contributed by atoms with Gasteiger partial charge in [0.1, 0.15) is 0 Å². The van der Waals surface area contributed by atoms with Crippen LogP contribution in [0.3, 0.4) is 0 Å². The Labute approximate surface area is 116 Å². The zero-order valence-corrected chi connectivity index (χ0v) is 12.6. The molecule has 0 radical (unpaired) electrons. The second kappa shape index (κ2) is 9.63. The molecule has 0 atom stereocenters. The molecule has 0 spiro atoms. The molecule has 0 aliphatic carbocycles. The quantitative estimate of drug-likeness (QED) is 0.415. The number of rotatable bonds is 10. The van der Waals surface area contributed by atoms with Crippen LogP contribution in [0.4, 0.5) is 0 Å². The van der Waals surface area contributed by atoms with Crippen molar-refractivity contribution in [3.63, 3.8) is 0 Å². The zero-order valence-electron chi connectivity index (χ0n) is 12.6. The highest BCUT2D eigenvalue weighted by atomic mass is 16.5. The normalized spacial score (nSPS) is 19.7. The third kappa shape index (κ3) is 7.20. The first-order chi connectivity index (χ1) is 9.20. The van der Waals surface area contributed by atoms with Crippen LogP contribution in [-0.4, -0.2) is 96.7 Å². The van der Waals surface area contributed by atoms with Gasteiger partial charge in [0.05, 0.1) is 66.4 Å². The van der Waals surface area contributed by atoms with Gasteiger partial charge in [0.25, 0.3) is 0 Å². The van der Waals surface area contributed by atoms with Gasteiger partial charge in [0.2, 0.25) is 0 Å². The van der Waals surface area contributed by atoms with E-state index in [4.69, 9.17) is 18.9 Å². The molecule has 0 saturated carbocycles. The standard InChI is InChI=1S/C13H29N2O4/c1-15(13-19-11-9-17-3)6-4-14(5-7-15)12-18-10-8-16-2/h4-13H2,1-3H3/q+1. The molecule has 1 saturated heterocycles. The molecule has 1 rings (SSSR count). The molecule has 0 aromatic heterocycles. The third-order valence-electron chi connectivity index (χ3n) is 3.45. The number of likely N-dealkylation sites (N-methyl/N-ethyl adjacent to an activating group) is 1. The van der Waals surface area contributed by atoms with E-state index in [0.717, 1.165) is 37.4 Å². The molecule has 114 valence electrons. The molecule has 1 aliphatic heterocycles. The lowest BCUT2D eigenvalue weighted by Crippen LogP contribution is -2.58. The SMILES string of the molecule is COCCOCN1CC[N+](C)(COCCOC)CC1. The maximum atomic E-state index is 5.65. The van der Waals surface area contributed by atoms with Crippen LogP contribution in [0.2, 0.25) is 0 Å². The lowest BCUT2D eigenvalue weighted by Gasteiger charge is -2.41. The van der Waals surface area contributed by atoms with Gasteiger partial charge in [-0.15, -0.1) is 0 Å². The van der Waals surface area contributed by atoms with Crippen LogP contribution in [0.1, 0.15) is 0 Å². The van der Waals surface area contributed by atoms with Gasteiger partial charge in [-0.1, -0.05) is 0 Å². The van der Waals surface area contributed by atoms with E-state index in [-0.39, 0.29) is 0 Å². The molecule has 19 heavy (non-hydrogen) atoms. The minimum absolute atomic E-state index is 0.662. The van der Waals surface area contributed by atoms with E-state index in [9.17, 15) is 0 Å². The Morgan fingerprint density at radius 2 is 1.47 bits per heavy atom. The Morgan fingerprint density at radius 1 is 0.895 bits per heavy atom. The molecule has 1 heterocycles. The molecule has 0 unspecified atom stereocenters. The highest BCUT2D eigenvalue weighted by Gasteiger charge is 2.28. The number of ether oxygens (including phenoxy) is 4. The van der Waals surface area contributed by atoms with Crippen LogP contribution in [0.5, 0.6) is 0 Å². The highest BCUT2D eigenvalue weighted by Crippen LogP contribution is 2.10. The fourth-order valence-electron chi connectivity index (χ4n) is 2.01. The van der Waals surface area contributed by atoms with Crippen molar-refractivity contribution in [2.75, 3.05) is 87.3 Å². The minimum Gasteiger partial charge on any atom is -0.382 e. The molecular formula is C13H29N2O4+. The van der Waals surface area contributed by atoms with Gasteiger partial charge in [-0.25, -0.2) is 0 Å². The van der Waals surface area contributed by atoms with Gasteiger partial charge < -0.3 is 23.4 Å². The molecule has 0 bridgehead atoms. The summed E-state index contributed by atoms with van der Waals surface area (Å²) in [4.78, 5) is 2.34. The second-order valence-electron chi connectivity index (χ2n) is 5.25. The van der Waals surface area contributed by atoms with E-state index in [1.165, 1.54) is 0 Å². The van der Waals surface area contributed by atoms with Crippen molar-refractivity contribution in [3.8, 4) is 0 Å². The zero-order chi connectivity index (χ0) is 14.0. The van der Waals surface area contributed by atoms with E-state index in [2.05, 4.69) is 11.9 Å². The lowest BCUT2D eigenvalue weighted by atomic mass is 10.3. The van der Waals surface area contributed by atoms with Crippen LogP contribution in [0.25, 0.3) is 0 Å². The lowest BCUT2D eigenvalue weighted by molar-refractivity contribution is -0.932. The average Bonchev–Trinajstić information content (AvgIpc) is 2.42. The van der Waals surface area contributed by atoms with Crippen molar-refractivity contribution in [2.45, 2.75) is 0 Å². The maximum Gasteiger partial charge on any atom is 0.183 e. The number of quaternary nitrogens is 1. The first kappa shape index (κ1) is 16.8. The number of methoxy groups -OCH3 is 2. The maximum absolute atomic E-state index is 5.65. The number of hydrogen-bond acceptors (Lipinski definition) is 5. The van der Waals surface area contributed by atoms with E-state index < -0.39 is 0 Å². The molecule has 6 nitrogen and oxygen atoms in total. The number of piperazine rings is 1. The Hall–Kier alpha value is -0.240. The molecule has 1 fully saturated rings. The fourth-order valence-corrected chi connectivity index (χ4v) is 2.01. The van der Waals surface area contributed by atoms with Crippen molar-refractivity contribution >= 4 is 0 Å². The van der Waals surface area contributed by atoms with E-state index >= 15 is 0 Å². The summed E-state index contributed by atoms with van der Waals surface area (Å²) in [5, 5.41) is 0. The Bertz CT molecular complexity index is 221. The summed E-state index contributed by atoms with van der Waals surface area (Å²) in [5.74, 6) is 0. The van der Waals surface area contributed by atoms with Crippen LogP contribution in [0, 0.1) is 0 Å². The molecule has 1 aliphatic rings. The molecule has 0 amide bonds. The second-order valence-corrected chi connectivity index (χ2v) is 5.25. The fraction of sp³-hybridized carbons (Fsp3) is 1.00. The highest BCUT2D eigenvalue weighted by molar-refractivity contribution is 4.59. The number of hydrogen-bond donors (Lipinski definition) is 0.